The Kier molecular flexibility index (Phi) is 3.14. The summed E-state index contributed by atoms with van der Waals surface area (Å²) >= 11 is 0. The van der Waals surface area contributed by atoms with Crippen molar-refractivity contribution in [3.05, 3.63) is 42.2 Å². The van der Waals surface area contributed by atoms with Gasteiger partial charge in [0.25, 0.3) is 0 Å². The average molecular weight is 316 g/mol. The molecule has 0 radical (unpaired) electrons. The molecular formula is C16H14F2N4O. The zero-order chi connectivity index (χ0) is 16.0. The van der Waals surface area contributed by atoms with E-state index in [2.05, 4.69) is 15.0 Å². The molecule has 1 fully saturated rings. The van der Waals surface area contributed by atoms with E-state index in [1.807, 2.05) is 6.07 Å². The number of imidazole rings is 1. The highest BCUT2D eigenvalue weighted by Crippen LogP contribution is 2.31. The molecule has 3 aromatic rings. The number of methoxy groups -OCH3 is 1. The van der Waals surface area contributed by atoms with Crippen LogP contribution in [0.5, 0.6) is 5.75 Å². The van der Waals surface area contributed by atoms with Gasteiger partial charge in [0.2, 0.25) is 0 Å². The van der Waals surface area contributed by atoms with Crippen LogP contribution in [0.3, 0.4) is 0 Å². The van der Waals surface area contributed by atoms with Crippen molar-refractivity contribution in [1.82, 2.24) is 14.6 Å². The summed E-state index contributed by atoms with van der Waals surface area (Å²) in [4.78, 5) is 6.58. The topological polar surface area (TPSA) is 42.7 Å². The van der Waals surface area contributed by atoms with Crippen LogP contribution in [-0.4, -0.2) is 34.8 Å². The van der Waals surface area contributed by atoms with Crippen LogP contribution < -0.4 is 9.64 Å². The second kappa shape index (κ2) is 5.19. The third-order valence-corrected chi connectivity index (χ3v) is 4.08. The van der Waals surface area contributed by atoms with E-state index in [-0.39, 0.29) is 0 Å². The maximum absolute atomic E-state index is 14.0. The summed E-state index contributed by atoms with van der Waals surface area (Å²) < 4.78 is 34.2. The van der Waals surface area contributed by atoms with Gasteiger partial charge in [0.05, 0.1) is 30.9 Å². The average Bonchev–Trinajstić information content (AvgIpc) is 2.90. The van der Waals surface area contributed by atoms with Crippen molar-refractivity contribution >= 4 is 11.3 Å². The predicted molar refractivity (Wildman–Crippen MR) is 81.7 cm³/mol. The molecule has 0 saturated carbocycles. The van der Waals surface area contributed by atoms with Crippen molar-refractivity contribution < 1.29 is 13.5 Å². The molecule has 1 aromatic carbocycles. The molecule has 0 aliphatic carbocycles. The summed E-state index contributed by atoms with van der Waals surface area (Å²) in [5, 5.41) is 4.27. The van der Waals surface area contributed by atoms with Gasteiger partial charge in [-0.15, -0.1) is 0 Å². The van der Waals surface area contributed by atoms with Crippen LogP contribution >= 0.6 is 0 Å². The smallest absolute Gasteiger partial charge is 0.190 e. The Morgan fingerprint density at radius 1 is 1.17 bits per heavy atom. The molecule has 0 spiro atoms. The van der Waals surface area contributed by atoms with Gasteiger partial charge in [0, 0.05) is 18.7 Å². The van der Waals surface area contributed by atoms with E-state index in [0.29, 0.717) is 16.9 Å². The normalized spacial score (nSPS) is 14.1. The Morgan fingerprint density at radius 2 is 1.91 bits per heavy atom. The molecule has 0 N–H and O–H groups in total. The van der Waals surface area contributed by atoms with E-state index in [1.54, 1.807) is 16.9 Å². The highest BCUT2D eigenvalue weighted by atomic mass is 19.1. The Hall–Kier alpha value is -2.70. The number of hydrogen-bond acceptors (Lipinski definition) is 4. The maximum atomic E-state index is 14.0. The fourth-order valence-electron chi connectivity index (χ4n) is 2.79. The van der Waals surface area contributed by atoms with Crippen molar-refractivity contribution in [2.75, 3.05) is 25.1 Å². The molecule has 5 nitrogen and oxygen atoms in total. The Bertz CT molecular complexity index is 866. The number of ether oxygens (including phenoxy) is 1. The summed E-state index contributed by atoms with van der Waals surface area (Å²) in [5.41, 5.74) is 2.55. The first kappa shape index (κ1) is 13.9. The van der Waals surface area contributed by atoms with E-state index in [0.717, 1.165) is 25.2 Å². The van der Waals surface area contributed by atoms with Gasteiger partial charge in [-0.3, -0.25) is 0 Å². The molecule has 118 valence electrons. The second-order valence-electron chi connectivity index (χ2n) is 5.41. The number of benzene rings is 1. The van der Waals surface area contributed by atoms with Gasteiger partial charge in [0.1, 0.15) is 0 Å². The van der Waals surface area contributed by atoms with E-state index >= 15 is 0 Å². The van der Waals surface area contributed by atoms with Crippen LogP contribution in [0.1, 0.15) is 6.42 Å². The zero-order valence-electron chi connectivity index (χ0n) is 12.5. The SMILES string of the molecule is COc1c(F)cc(-c2cnc3c(N4CCC4)ccnn23)cc1F. The van der Waals surface area contributed by atoms with Crippen LogP contribution in [0.15, 0.2) is 30.6 Å². The first-order chi connectivity index (χ1) is 11.2. The van der Waals surface area contributed by atoms with E-state index < -0.39 is 17.4 Å². The third-order valence-electron chi connectivity index (χ3n) is 4.08. The summed E-state index contributed by atoms with van der Waals surface area (Å²) in [6.07, 6.45) is 4.39. The molecule has 3 heterocycles. The first-order valence-corrected chi connectivity index (χ1v) is 7.30. The van der Waals surface area contributed by atoms with Crippen LogP contribution in [0.2, 0.25) is 0 Å². The van der Waals surface area contributed by atoms with Crippen LogP contribution in [-0.2, 0) is 0 Å². The minimum absolute atomic E-state index is 0.363. The summed E-state index contributed by atoms with van der Waals surface area (Å²) in [6, 6.07) is 4.35. The van der Waals surface area contributed by atoms with Crippen molar-refractivity contribution in [3.63, 3.8) is 0 Å². The monoisotopic (exact) mass is 316 g/mol. The predicted octanol–water partition coefficient (Wildman–Crippen LogP) is 2.89. The molecule has 1 aliphatic rings. The standard InChI is InChI=1S/C16H14F2N4O/c1-23-15-11(17)7-10(8-12(15)18)14-9-19-16-13(21-5-2-6-21)3-4-20-22(14)16/h3-4,7-9H,2,5-6H2,1H3. The molecule has 0 amide bonds. The minimum atomic E-state index is -0.753. The van der Waals surface area contributed by atoms with Gasteiger partial charge < -0.3 is 9.64 Å². The molecule has 23 heavy (non-hydrogen) atoms. The summed E-state index contributed by atoms with van der Waals surface area (Å²) in [7, 11) is 1.23. The van der Waals surface area contributed by atoms with Crippen molar-refractivity contribution in [1.29, 1.82) is 0 Å². The quantitative estimate of drug-likeness (QED) is 0.745. The number of halogens is 2. The zero-order valence-corrected chi connectivity index (χ0v) is 12.5. The fourth-order valence-corrected chi connectivity index (χ4v) is 2.79. The van der Waals surface area contributed by atoms with Gasteiger partial charge in [-0.25, -0.2) is 18.3 Å². The lowest BCUT2D eigenvalue weighted by Crippen LogP contribution is -2.37. The molecule has 0 unspecified atom stereocenters. The number of fused-ring (bicyclic) bond motifs is 1. The van der Waals surface area contributed by atoms with Crippen LogP contribution in [0.4, 0.5) is 14.5 Å². The van der Waals surface area contributed by atoms with E-state index in [9.17, 15) is 8.78 Å². The second-order valence-corrected chi connectivity index (χ2v) is 5.41. The molecule has 0 atom stereocenters. The molecule has 7 heteroatoms. The van der Waals surface area contributed by atoms with Crippen LogP contribution in [0, 0.1) is 11.6 Å². The van der Waals surface area contributed by atoms with Crippen molar-refractivity contribution in [2.45, 2.75) is 6.42 Å². The molecule has 1 saturated heterocycles. The van der Waals surface area contributed by atoms with Crippen molar-refractivity contribution in [3.8, 4) is 17.0 Å². The summed E-state index contributed by atoms with van der Waals surface area (Å²) in [6.45, 7) is 1.96. The maximum Gasteiger partial charge on any atom is 0.190 e. The van der Waals surface area contributed by atoms with E-state index in [4.69, 9.17) is 4.74 Å². The number of aromatic nitrogens is 3. The van der Waals surface area contributed by atoms with Gasteiger partial charge in [0.15, 0.2) is 23.0 Å². The lowest BCUT2D eigenvalue weighted by Gasteiger charge is -2.32. The van der Waals surface area contributed by atoms with Gasteiger partial charge in [-0.2, -0.15) is 5.10 Å². The van der Waals surface area contributed by atoms with E-state index in [1.165, 1.54) is 19.2 Å². The Labute approximate surface area is 131 Å². The molecule has 2 aromatic heterocycles. The summed E-state index contributed by atoms with van der Waals surface area (Å²) in [5.74, 6) is -1.90. The number of rotatable bonds is 3. The molecule has 0 bridgehead atoms. The molecule has 4 rings (SSSR count). The lowest BCUT2D eigenvalue weighted by molar-refractivity contribution is 0.360. The molecule has 1 aliphatic heterocycles. The number of nitrogens with zero attached hydrogens (tertiary/aromatic N) is 4. The Morgan fingerprint density at radius 3 is 2.52 bits per heavy atom. The lowest BCUT2D eigenvalue weighted by atomic mass is 10.1. The largest absolute Gasteiger partial charge is 0.491 e. The highest BCUT2D eigenvalue weighted by Gasteiger charge is 2.21. The third kappa shape index (κ3) is 2.11. The number of hydrogen-bond donors (Lipinski definition) is 0. The molecular weight excluding hydrogens is 302 g/mol. The van der Waals surface area contributed by atoms with Crippen molar-refractivity contribution in [2.24, 2.45) is 0 Å². The van der Waals surface area contributed by atoms with Crippen LogP contribution in [0.25, 0.3) is 16.9 Å². The van der Waals surface area contributed by atoms with Gasteiger partial charge >= 0.3 is 0 Å². The first-order valence-electron chi connectivity index (χ1n) is 7.30. The highest BCUT2D eigenvalue weighted by molar-refractivity contribution is 5.74. The Balaban J connectivity index is 1.87. The minimum Gasteiger partial charge on any atom is -0.491 e. The fraction of sp³-hybridized carbons (Fsp3) is 0.250. The van der Waals surface area contributed by atoms with Gasteiger partial charge in [-0.05, 0) is 24.6 Å². The number of anilines is 1. The van der Waals surface area contributed by atoms with Gasteiger partial charge in [-0.1, -0.05) is 0 Å².